The molecular weight excluding hydrogens is 152 g/mol. The lowest BCUT2D eigenvalue weighted by molar-refractivity contribution is 1.39. The molecule has 0 atom stereocenters. The number of thioether (sulfide) groups is 1. The molecule has 0 aliphatic rings. The van der Waals surface area contributed by atoms with Crippen LogP contribution < -0.4 is 0 Å². The maximum Gasteiger partial charge on any atom is 0.0378 e. The Hall–Kier alpha value is -0.870. The number of terminal acetylenes is 1. The van der Waals surface area contributed by atoms with E-state index in [2.05, 4.69) is 18.9 Å². The van der Waals surface area contributed by atoms with E-state index in [9.17, 15) is 0 Å². The first-order valence-corrected chi connectivity index (χ1v) is 4.55. The Labute approximate surface area is 72.0 Å². The van der Waals surface area contributed by atoms with Gasteiger partial charge in [0.2, 0.25) is 0 Å². The number of hydrogen-bond acceptors (Lipinski definition) is 1. The van der Waals surface area contributed by atoms with Crippen molar-refractivity contribution in [3.8, 4) is 12.3 Å². The number of benzene rings is 1. The molecule has 0 N–H and O–H groups in total. The van der Waals surface area contributed by atoms with Crippen LogP contribution in [0.1, 0.15) is 12.5 Å². The summed E-state index contributed by atoms with van der Waals surface area (Å²) in [4.78, 5) is 1.21. The van der Waals surface area contributed by atoms with Crippen molar-refractivity contribution in [2.45, 2.75) is 11.8 Å². The molecule has 0 amide bonds. The SMILES string of the molecule is C#Cc1ccccc1SCC. The Morgan fingerprint density at radius 3 is 2.82 bits per heavy atom. The number of hydrogen-bond donors (Lipinski definition) is 0. The lowest BCUT2D eigenvalue weighted by Gasteiger charge is -1.99. The van der Waals surface area contributed by atoms with Gasteiger partial charge in [-0.2, -0.15) is 0 Å². The Balaban J connectivity index is 2.95. The predicted molar refractivity (Wildman–Crippen MR) is 50.8 cm³/mol. The zero-order chi connectivity index (χ0) is 8.10. The molecule has 0 aromatic heterocycles. The summed E-state index contributed by atoms with van der Waals surface area (Å²) in [5.41, 5.74) is 0.999. The van der Waals surface area contributed by atoms with Crippen molar-refractivity contribution in [2.75, 3.05) is 5.75 Å². The predicted octanol–water partition coefficient (Wildman–Crippen LogP) is 2.78. The molecule has 0 bridgehead atoms. The van der Waals surface area contributed by atoms with Gasteiger partial charge in [0, 0.05) is 10.5 Å². The van der Waals surface area contributed by atoms with Crippen molar-refractivity contribution < 1.29 is 0 Å². The van der Waals surface area contributed by atoms with E-state index in [1.54, 1.807) is 11.8 Å². The Morgan fingerprint density at radius 2 is 2.18 bits per heavy atom. The molecule has 11 heavy (non-hydrogen) atoms. The van der Waals surface area contributed by atoms with Crippen LogP contribution in [-0.2, 0) is 0 Å². The van der Waals surface area contributed by atoms with Crippen molar-refractivity contribution in [1.29, 1.82) is 0 Å². The van der Waals surface area contributed by atoms with Crippen LogP contribution in [0.4, 0.5) is 0 Å². The molecule has 0 heterocycles. The van der Waals surface area contributed by atoms with E-state index in [0.29, 0.717) is 0 Å². The molecule has 0 unspecified atom stereocenters. The molecule has 0 aliphatic carbocycles. The fraction of sp³-hybridized carbons (Fsp3) is 0.200. The third-order valence-electron chi connectivity index (χ3n) is 1.34. The summed E-state index contributed by atoms with van der Waals surface area (Å²) in [6.45, 7) is 2.12. The smallest absolute Gasteiger partial charge is 0.0378 e. The maximum atomic E-state index is 5.32. The second-order valence-electron chi connectivity index (χ2n) is 2.07. The van der Waals surface area contributed by atoms with Gasteiger partial charge in [0.15, 0.2) is 0 Å². The summed E-state index contributed by atoms with van der Waals surface area (Å²) in [6.07, 6.45) is 5.32. The minimum atomic E-state index is 0.999. The molecule has 1 rings (SSSR count). The molecule has 0 saturated heterocycles. The summed E-state index contributed by atoms with van der Waals surface area (Å²) < 4.78 is 0. The van der Waals surface area contributed by atoms with Crippen LogP contribution in [0.2, 0.25) is 0 Å². The average molecular weight is 162 g/mol. The van der Waals surface area contributed by atoms with Gasteiger partial charge in [0.1, 0.15) is 0 Å². The molecule has 0 saturated carbocycles. The van der Waals surface area contributed by atoms with E-state index in [4.69, 9.17) is 6.42 Å². The van der Waals surface area contributed by atoms with Crippen LogP contribution in [0.3, 0.4) is 0 Å². The van der Waals surface area contributed by atoms with Crippen LogP contribution in [-0.4, -0.2) is 5.75 Å². The van der Waals surface area contributed by atoms with Gasteiger partial charge in [-0.15, -0.1) is 18.2 Å². The lowest BCUT2D eigenvalue weighted by atomic mass is 10.2. The van der Waals surface area contributed by atoms with Gasteiger partial charge in [0.25, 0.3) is 0 Å². The fourth-order valence-electron chi connectivity index (χ4n) is 0.867. The third-order valence-corrected chi connectivity index (χ3v) is 2.30. The van der Waals surface area contributed by atoms with E-state index in [1.165, 1.54) is 4.90 Å². The van der Waals surface area contributed by atoms with Crippen LogP contribution >= 0.6 is 11.8 Å². The molecule has 1 aromatic carbocycles. The van der Waals surface area contributed by atoms with Crippen LogP contribution in [0.25, 0.3) is 0 Å². The molecule has 0 aliphatic heterocycles. The minimum Gasteiger partial charge on any atom is -0.125 e. The standard InChI is InChI=1S/C10H10S/c1-3-9-7-5-6-8-10(9)11-4-2/h1,5-8H,4H2,2H3. The van der Waals surface area contributed by atoms with Crippen molar-refractivity contribution in [3.63, 3.8) is 0 Å². The Morgan fingerprint density at radius 1 is 1.45 bits per heavy atom. The van der Waals surface area contributed by atoms with Gasteiger partial charge in [-0.1, -0.05) is 25.0 Å². The van der Waals surface area contributed by atoms with Gasteiger partial charge in [0.05, 0.1) is 0 Å². The van der Waals surface area contributed by atoms with Gasteiger partial charge >= 0.3 is 0 Å². The normalized spacial score (nSPS) is 9.09. The molecule has 1 heteroatoms. The Bertz CT molecular complexity index is 270. The first kappa shape index (κ1) is 8.23. The van der Waals surface area contributed by atoms with Gasteiger partial charge in [-0.25, -0.2) is 0 Å². The van der Waals surface area contributed by atoms with Gasteiger partial charge in [-0.3, -0.25) is 0 Å². The number of rotatable bonds is 2. The highest BCUT2D eigenvalue weighted by atomic mass is 32.2. The van der Waals surface area contributed by atoms with Crippen molar-refractivity contribution >= 4 is 11.8 Å². The monoisotopic (exact) mass is 162 g/mol. The summed E-state index contributed by atoms with van der Waals surface area (Å²) in [5, 5.41) is 0. The quantitative estimate of drug-likeness (QED) is 0.476. The van der Waals surface area contributed by atoms with Crippen LogP contribution in [0.15, 0.2) is 29.2 Å². The zero-order valence-corrected chi connectivity index (χ0v) is 7.32. The Kier molecular flexibility index (Phi) is 3.07. The van der Waals surface area contributed by atoms with Crippen molar-refractivity contribution in [2.24, 2.45) is 0 Å². The molecule has 56 valence electrons. The van der Waals surface area contributed by atoms with E-state index in [1.807, 2.05) is 18.2 Å². The van der Waals surface area contributed by atoms with Gasteiger partial charge in [-0.05, 0) is 17.9 Å². The highest BCUT2D eigenvalue weighted by molar-refractivity contribution is 7.99. The second-order valence-corrected chi connectivity index (χ2v) is 3.38. The largest absolute Gasteiger partial charge is 0.125 e. The molecule has 0 nitrogen and oxygen atoms in total. The first-order valence-electron chi connectivity index (χ1n) is 3.57. The topological polar surface area (TPSA) is 0 Å². The molecular formula is C10H10S. The first-order chi connectivity index (χ1) is 5.38. The summed E-state index contributed by atoms with van der Waals surface area (Å²) >= 11 is 1.78. The van der Waals surface area contributed by atoms with E-state index >= 15 is 0 Å². The highest BCUT2D eigenvalue weighted by Gasteiger charge is 1.95. The second kappa shape index (κ2) is 4.10. The summed E-state index contributed by atoms with van der Waals surface area (Å²) in [6, 6.07) is 8.01. The lowest BCUT2D eigenvalue weighted by Crippen LogP contribution is -1.79. The molecule has 0 spiro atoms. The molecule has 0 radical (unpaired) electrons. The van der Waals surface area contributed by atoms with Gasteiger partial charge < -0.3 is 0 Å². The maximum absolute atomic E-state index is 5.32. The fourth-order valence-corrected chi connectivity index (χ4v) is 1.64. The summed E-state index contributed by atoms with van der Waals surface area (Å²) in [5.74, 6) is 3.73. The van der Waals surface area contributed by atoms with E-state index in [-0.39, 0.29) is 0 Å². The molecule has 1 aromatic rings. The van der Waals surface area contributed by atoms with Crippen LogP contribution in [0.5, 0.6) is 0 Å². The average Bonchev–Trinajstić information content (AvgIpc) is 2.06. The minimum absolute atomic E-state index is 0.999. The molecule has 0 fully saturated rings. The van der Waals surface area contributed by atoms with Crippen molar-refractivity contribution in [1.82, 2.24) is 0 Å². The third kappa shape index (κ3) is 2.03. The zero-order valence-electron chi connectivity index (χ0n) is 6.50. The van der Waals surface area contributed by atoms with Crippen molar-refractivity contribution in [3.05, 3.63) is 29.8 Å². The van der Waals surface area contributed by atoms with E-state index in [0.717, 1.165) is 11.3 Å². The summed E-state index contributed by atoms with van der Waals surface area (Å²) in [7, 11) is 0. The van der Waals surface area contributed by atoms with E-state index < -0.39 is 0 Å². The van der Waals surface area contributed by atoms with Crippen LogP contribution in [0, 0.1) is 12.3 Å². The highest BCUT2D eigenvalue weighted by Crippen LogP contribution is 2.20.